The van der Waals surface area contributed by atoms with Crippen molar-refractivity contribution in [2.24, 2.45) is 0 Å². The molecule has 0 saturated heterocycles. The lowest BCUT2D eigenvalue weighted by molar-refractivity contribution is 0.302. The van der Waals surface area contributed by atoms with Crippen LogP contribution in [0.5, 0.6) is 5.75 Å². The fourth-order valence-corrected chi connectivity index (χ4v) is 2.46. The highest BCUT2D eigenvalue weighted by atomic mass is 35.5. The van der Waals surface area contributed by atoms with E-state index in [0.717, 1.165) is 29.5 Å². The zero-order valence-corrected chi connectivity index (χ0v) is 13.0. The van der Waals surface area contributed by atoms with Gasteiger partial charge in [-0.15, -0.1) is 12.4 Å². The lowest BCUT2D eigenvalue weighted by Crippen LogP contribution is -2.03. The van der Waals surface area contributed by atoms with E-state index >= 15 is 0 Å². The Morgan fingerprint density at radius 1 is 1.14 bits per heavy atom. The second kappa shape index (κ2) is 7.34. The molecule has 0 N–H and O–H groups in total. The molecule has 0 spiro atoms. The Labute approximate surface area is 134 Å². The molecule has 5 heteroatoms. The third-order valence-electron chi connectivity index (χ3n) is 3.21. The molecule has 0 unspecified atom stereocenters. The molecule has 0 aliphatic rings. The number of nitrogens with zero attached hydrogens (tertiary/aromatic N) is 2. The maximum atomic E-state index is 6.38. The molecule has 0 atom stereocenters. The number of hydrogen-bond donors (Lipinski definition) is 0. The number of aryl methyl sites for hydroxylation is 1. The first-order valence-corrected chi connectivity index (χ1v) is 6.98. The summed E-state index contributed by atoms with van der Waals surface area (Å²) in [6, 6.07) is 12.0. The van der Waals surface area contributed by atoms with Crippen LogP contribution in [0.3, 0.4) is 0 Å². The van der Waals surface area contributed by atoms with E-state index in [1.165, 1.54) is 0 Å². The summed E-state index contributed by atoms with van der Waals surface area (Å²) < 4.78 is 7.81. The topological polar surface area (TPSA) is 27.1 Å². The zero-order valence-electron chi connectivity index (χ0n) is 11.4. The van der Waals surface area contributed by atoms with Crippen molar-refractivity contribution in [3.8, 4) is 5.75 Å². The van der Waals surface area contributed by atoms with Crippen LogP contribution in [-0.2, 0) is 6.54 Å². The largest absolute Gasteiger partial charge is 0.492 e. The molecule has 0 aliphatic heterocycles. The number of aromatic nitrogens is 2. The summed E-state index contributed by atoms with van der Waals surface area (Å²) >= 11 is 6.38. The number of benzene rings is 2. The highest BCUT2D eigenvalue weighted by Gasteiger charge is 2.05. The van der Waals surface area contributed by atoms with E-state index in [-0.39, 0.29) is 12.4 Å². The van der Waals surface area contributed by atoms with Crippen LogP contribution in [0.15, 0.2) is 55.1 Å². The van der Waals surface area contributed by atoms with Crippen molar-refractivity contribution in [1.82, 2.24) is 9.55 Å². The number of halogens is 2. The molecule has 2 aromatic carbocycles. The molecule has 1 heterocycles. The minimum atomic E-state index is 0. The van der Waals surface area contributed by atoms with Gasteiger partial charge in [-0.2, -0.15) is 0 Å². The number of rotatable bonds is 5. The molecule has 1 aromatic heterocycles. The fourth-order valence-electron chi connectivity index (χ4n) is 2.17. The third kappa shape index (κ3) is 3.69. The molecule has 110 valence electrons. The van der Waals surface area contributed by atoms with Crippen LogP contribution in [-0.4, -0.2) is 16.2 Å². The van der Waals surface area contributed by atoms with E-state index < -0.39 is 0 Å². The molecular weight excluding hydrogens is 307 g/mol. The average molecular weight is 323 g/mol. The monoisotopic (exact) mass is 322 g/mol. The normalized spacial score (nSPS) is 10.3. The molecule has 0 saturated carbocycles. The summed E-state index contributed by atoms with van der Waals surface area (Å²) in [7, 11) is 0. The van der Waals surface area contributed by atoms with Crippen LogP contribution in [0.25, 0.3) is 10.8 Å². The van der Waals surface area contributed by atoms with Gasteiger partial charge in [-0.25, -0.2) is 4.98 Å². The standard InChI is InChI=1S/C16H15ClN2O.ClH/c17-16-14-5-2-1-4-13(14)6-7-15(16)20-11-3-9-19-10-8-18-12-19;/h1-2,4-8,10,12H,3,9,11H2;1H. The van der Waals surface area contributed by atoms with Gasteiger partial charge in [0, 0.05) is 24.3 Å². The minimum Gasteiger partial charge on any atom is -0.492 e. The molecule has 0 amide bonds. The van der Waals surface area contributed by atoms with Crippen LogP contribution in [0, 0.1) is 0 Å². The quantitative estimate of drug-likeness (QED) is 0.643. The van der Waals surface area contributed by atoms with Gasteiger partial charge >= 0.3 is 0 Å². The van der Waals surface area contributed by atoms with E-state index in [9.17, 15) is 0 Å². The van der Waals surface area contributed by atoms with Gasteiger partial charge in [-0.1, -0.05) is 41.9 Å². The lowest BCUT2D eigenvalue weighted by Gasteiger charge is -2.10. The Bertz CT molecular complexity index is 699. The van der Waals surface area contributed by atoms with Crippen molar-refractivity contribution in [3.63, 3.8) is 0 Å². The van der Waals surface area contributed by atoms with Crippen molar-refractivity contribution in [2.75, 3.05) is 6.61 Å². The van der Waals surface area contributed by atoms with Crippen molar-refractivity contribution in [2.45, 2.75) is 13.0 Å². The molecule has 3 nitrogen and oxygen atoms in total. The maximum Gasteiger partial charge on any atom is 0.138 e. The number of fused-ring (bicyclic) bond motifs is 1. The molecule has 21 heavy (non-hydrogen) atoms. The van der Waals surface area contributed by atoms with E-state index in [1.807, 2.05) is 53.5 Å². The Balaban J connectivity index is 0.00000161. The fraction of sp³-hybridized carbons (Fsp3) is 0.188. The maximum absolute atomic E-state index is 6.38. The van der Waals surface area contributed by atoms with Gasteiger partial charge in [0.25, 0.3) is 0 Å². The van der Waals surface area contributed by atoms with Crippen LogP contribution in [0.1, 0.15) is 6.42 Å². The van der Waals surface area contributed by atoms with Gasteiger partial charge in [0.1, 0.15) is 5.75 Å². The number of hydrogen-bond acceptors (Lipinski definition) is 2. The Kier molecular flexibility index (Phi) is 5.48. The highest BCUT2D eigenvalue weighted by molar-refractivity contribution is 6.37. The van der Waals surface area contributed by atoms with Gasteiger partial charge in [-0.3, -0.25) is 0 Å². The Morgan fingerprint density at radius 3 is 2.81 bits per heavy atom. The summed E-state index contributed by atoms with van der Waals surface area (Å²) in [6.45, 7) is 1.53. The summed E-state index contributed by atoms with van der Waals surface area (Å²) in [6.07, 6.45) is 6.45. The van der Waals surface area contributed by atoms with Crippen molar-refractivity contribution >= 4 is 34.8 Å². The van der Waals surface area contributed by atoms with Gasteiger partial charge in [-0.05, 0) is 17.9 Å². The van der Waals surface area contributed by atoms with E-state index in [0.29, 0.717) is 11.6 Å². The average Bonchev–Trinajstić information content (AvgIpc) is 2.99. The van der Waals surface area contributed by atoms with Crippen LogP contribution < -0.4 is 4.74 Å². The van der Waals surface area contributed by atoms with Crippen LogP contribution >= 0.6 is 24.0 Å². The SMILES string of the molecule is Cl.Clc1c(OCCCn2ccnc2)ccc2ccccc12. The molecule has 0 radical (unpaired) electrons. The number of imidazole rings is 1. The Hall–Kier alpha value is -1.71. The van der Waals surface area contributed by atoms with Crippen LogP contribution in [0.4, 0.5) is 0 Å². The second-order valence-corrected chi connectivity index (χ2v) is 4.98. The lowest BCUT2D eigenvalue weighted by atomic mass is 10.1. The summed E-state index contributed by atoms with van der Waals surface area (Å²) in [5.41, 5.74) is 0. The predicted octanol–water partition coefficient (Wildman–Crippen LogP) is 4.58. The van der Waals surface area contributed by atoms with Gasteiger partial charge in [0.15, 0.2) is 0 Å². The number of ether oxygens (including phenoxy) is 1. The molecule has 0 aliphatic carbocycles. The van der Waals surface area contributed by atoms with Crippen LogP contribution in [0.2, 0.25) is 5.02 Å². The minimum absolute atomic E-state index is 0. The first-order valence-electron chi connectivity index (χ1n) is 6.60. The van der Waals surface area contributed by atoms with Crippen molar-refractivity contribution in [3.05, 3.63) is 60.1 Å². The smallest absolute Gasteiger partial charge is 0.138 e. The highest BCUT2D eigenvalue weighted by Crippen LogP contribution is 2.32. The van der Waals surface area contributed by atoms with E-state index in [4.69, 9.17) is 16.3 Å². The molecule has 0 fully saturated rings. The predicted molar refractivity (Wildman–Crippen MR) is 88.5 cm³/mol. The van der Waals surface area contributed by atoms with Crippen molar-refractivity contribution in [1.29, 1.82) is 0 Å². The van der Waals surface area contributed by atoms with E-state index in [1.54, 1.807) is 6.20 Å². The molecule has 0 bridgehead atoms. The van der Waals surface area contributed by atoms with Gasteiger partial charge in [0.2, 0.25) is 0 Å². The Morgan fingerprint density at radius 2 is 2.00 bits per heavy atom. The summed E-state index contributed by atoms with van der Waals surface area (Å²) in [5, 5.41) is 2.84. The molecule has 3 aromatic rings. The van der Waals surface area contributed by atoms with E-state index in [2.05, 4.69) is 4.98 Å². The van der Waals surface area contributed by atoms with Crippen molar-refractivity contribution < 1.29 is 4.74 Å². The first-order chi connectivity index (χ1) is 9.84. The summed E-state index contributed by atoms with van der Waals surface area (Å²) in [4.78, 5) is 4.01. The second-order valence-electron chi connectivity index (χ2n) is 4.60. The third-order valence-corrected chi connectivity index (χ3v) is 3.60. The summed E-state index contributed by atoms with van der Waals surface area (Å²) in [5.74, 6) is 0.746. The first kappa shape index (κ1) is 15.7. The van der Waals surface area contributed by atoms with Gasteiger partial charge < -0.3 is 9.30 Å². The molecule has 3 rings (SSSR count). The zero-order chi connectivity index (χ0) is 13.8. The molecular formula is C16H16Cl2N2O. The van der Waals surface area contributed by atoms with Gasteiger partial charge in [0.05, 0.1) is 18.0 Å².